The van der Waals surface area contributed by atoms with Gasteiger partial charge in [0.15, 0.2) is 0 Å². The molecule has 0 aliphatic rings. The number of rotatable bonds is 9. The Morgan fingerprint density at radius 3 is 2.58 bits per heavy atom. The van der Waals surface area contributed by atoms with Gasteiger partial charge in [-0.3, -0.25) is 9.36 Å². The zero-order valence-corrected chi connectivity index (χ0v) is 17.6. The Balaban J connectivity index is 1.64. The number of unbranched alkanes of at least 4 members (excludes halogenated alkanes) is 2. The fourth-order valence-corrected chi connectivity index (χ4v) is 3.70. The molecule has 3 aromatic carbocycles. The molecule has 4 rings (SSSR count). The minimum absolute atomic E-state index is 0.212. The third-order valence-electron chi connectivity index (χ3n) is 5.22. The minimum Gasteiger partial charge on any atom is -0.494 e. The molecule has 0 saturated carbocycles. The van der Waals surface area contributed by atoms with E-state index in [1.807, 2.05) is 36.4 Å². The molecule has 1 N–H and O–H groups in total. The Morgan fingerprint density at radius 1 is 0.968 bits per heavy atom. The first-order valence-corrected chi connectivity index (χ1v) is 10.6. The Hall–Kier alpha value is -3.60. The molecule has 0 atom stereocenters. The summed E-state index contributed by atoms with van der Waals surface area (Å²) in [5, 5.41) is 8.73. The number of carboxylic acids is 1. The fraction of sp³-hybridized carbons (Fsp3) is 0.231. The maximum atomic E-state index is 10.6. The number of hydrogen-bond donors (Lipinski definition) is 1. The Morgan fingerprint density at radius 2 is 1.81 bits per heavy atom. The molecule has 0 saturated heterocycles. The number of benzene rings is 3. The van der Waals surface area contributed by atoms with Crippen molar-refractivity contribution in [2.75, 3.05) is 6.61 Å². The molecule has 5 heteroatoms. The Labute approximate surface area is 181 Å². The van der Waals surface area contributed by atoms with E-state index in [0.29, 0.717) is 13.0 Å². The fourth-order valence-electron chi connectivity index (χ4n) is 3.70. The van der Waals surface area contributed by atoms with E-state index in [-0.39, 0.29) is 6.42 Å². The number of aryl methyl sites for hydroxylation is 1. The second kappa shape index (κ2) is 9.47. The van der Waals surface area contributed by atoms with Crippen LogP contribution in [-0.2, 0) is 4.79 Å². The Bertz CT molecular complexity index is 1180. The number of ether oxygens (including phenoxy) is 1. The van der Waals surface area contributed by atoms with Crippen LogP contribution in [-0.4, -0.2) is 27.2 Å². The quantitative estimate of drug-likeness (QED) is 0.340. The van der Waals surface area contributed by atoms with Crippen molar-refractivity contribution in [3.05, 3.63) is 78.4 Å². The van der Waals surface area contributed by atoms with E-state index >= 15 is 0 Å². The summed E-state index contributed by atoms with van der Waals surface area (Å²) >= 11 is 0. The topological polar surface area (TPSA) is 64.4 Å². The maximum Gasteiger partial charge on any atom is 0.303 e. The molecule has 4 aromatic rings. The van der Waals surface area contributed by atoms with Gasteiger partial charge in [-0.2, -0.15) is 0 Å². The van der Waals surface area contributed by atoms with E-state index in [0.717, 1.165) is 46.7 Å². The van der Waals surface area contributed by atoms with Crippen molar-refractivity contribution >= 4 is 17.0 Å². The van der Waals surface area contributed by atoms with Crippen LogP contribution in [0.2, 0.25) is 0 Å². The van der Waals surface area contributed by atoms with Crippen LogP contribution in [0.3, 0.4) is 0 Å². The van der Waals surface area contributed by atoms with Crippen molar-refractivity contribution in [3.63, 3.8) is 0 Å². The summed E-state index contributed by atoms with van der Waals surface area (Å²) in [5.74, 6) is 0.941. The number of nitrogens with zero attached hydrogens (tertiary/aromatic N) is 2. The Kier molecular flexibility index (Phi) is 6.32. The van der Waals surface area contributed by atoms with E-state index < -0.39 is 5.97 Å². The van der Waals surface area contributed by atoms with E-state index in [1.54, 1.807) is 0 Å². The highest BCUT2D eigenvalue weighted by Gasteiger charge is 2.15. The third kappa shape index (κ3) is 4.94. The predicted molar refractivity (Wildman–Crippen MR) is 123 cm³/mol. The van der Waals surface area contributed by atoms with Gasteiger partial charge >= 0.3 is 5.97 Å². The number of imidazole rings is 1. The average Bonchev–Trinajstić information content (AvgIpc) is 3.15. The van der Waals surface area contributed by atoms with Crippen molar-refractivity contribution in [1.29, 1.82) is 0 Å². The third-order valence-corrected chi connectivity index (χ3v) is 5.22. The van der Waals surface area contributed by atoms with Crippen molar-refractivity contribution < 1.29 is 14.6 Å². The number of aromatic nitrogens is 2. The van der Waals surface area contributed by atoms with Crippen molar-refractivity contribution in [2.45, 2.75) is 32.6 Å². The summed E-state index contributed by atoms with van der Waals surface area (Å²) in [6, 6.07) is 24.6. The monoisotopic (exact) mass is 414 g/mol. The van der Waals surface area contributed by atoms with Crippen LogP contribution in [0.5, 0.6) is 5.75 Å². The second-order valence-electron chi connectivity index (χ2n) is 7.68. The normalized spacial score (nSPS) is 11.0. The molecule has 5 nitrogen and oxygen atoms in total. The van der Waals surface area contributed by atoms with Crippen LogP contribution in [0.25, 0.3) is 28.1 Å². The van der Waals surface area contributed by atoms with Crippen LogP contribution in [0.15, 0.2) is 72.8 Å². The summed E-state index contributed by atoms with van der Waals surface area (Å²) in [7, 11) is 0. The van der Waals surface area contributed by atoms with Gasteiger partial charge in [-0.15, -0.1) is 0 Å². The van der Waals surface area contributed by atoms with Gasteiger partial charge in [0.2, 0.25) is 0 Å². The smallest absolute Gasteiger partial charge is 0.303 e. The molecule has 0 radical (unpaired) electrons. The van der Waals surface area contributed by atoms with Gasteiger partial charge in [-0.25, -0.2) is 4.98 Å². The standard InChI is InChI=1S/C26H26N2O3/c1-19-9-8-12-21(17-19)28-24-18-22(31-16-7-3-6-13-25(29)30)14-15-23(24)27-26(28)20-10-4-2-5-11-20/h2,4-5,8-12,14-15,17-18H,3,6-7,13,16H2,1H3,(H,29,30). The number of fused-ring (bicyclic) bond motifs is 1. The van der Waals surface area contributed by atoms with Gasteiger partial charge in [-0.1, -0.05) is 42.5 Å². The largest absolute Gasteiger partial charge is 0.494 e. The summed E-state index contributed by atoms with van der Waals surface area (Å²) < 4.78 is 8.14. The van der Waals surface area contributed by atoms with E-state index in [9.17, 15) is 4.79 Å². The molecule has 0 amide bonds. The van der Waals surface area contributed by atoms with Crippen LogP contribution in [0.1, 0.15) is 31.2 Å². The molecule has 0 bridgehead atoms. The number of carbonyl (C=O) groups is 1. The molecule has 158 valence electrons. The van der Waals surface area contributed by atoms with Crippen molar-refractivity contribution in [1.82, 2.24) is 9.55 Å². The maximum absolute atomic E-state index is 10.6. The lowest BCUT2D eigenvalue weighted by atomic mass is 10.2. The molecule has 0 aliphatic heterocycles. The molecule has 0 unspecified atom stereocenters. The molecule has 0 fully saturated rings. The number of aliphatic carboxylic acids is 1. The van der Waals surface area contributed by atoms with E-state index in [2.05, 4.69) is 47.9 Å². The van der Waals surface area contributed by atoms with Gasteiger partial charge in [0.1, 0.15) is 11.6 Å². The molecule has 31 heavy (non-hydrogen) atoms. The highest BCUT2D eigenvalue weighted by atomic mass is 16.5. The second-order valence-corrected chi connectivity index (χ2v) is 7.68. The highest BCUT2D eigenvalue weighted by molar-refractivity contribution is 5.84. The van der Waals surface area contributed by atoms with Crippen molar-refractivity contribution in [2.24, 2.45) is 0 Å². The van der Waals surface area contributed by atoms with Gasteiger partial charge in [0.25, 0.3) is 0 Å². The first kappa shape index (κ1) is 20.7. The van der Waals surface area contributed by atoms with E-state index in [4.69, 9.17) is 14.8 Å². The van der Waals surface area contributed by atoms with Gasteiger partial charge in [-0.05, 0) is 56.0 Å². The van der Waals surface area contributed by atoms with Gasteiger partial charge < -0.3 is 9.84 Å². The van der Waals surface area contributed by atoms with Crippen LogP contribution in [0.4, 0.5) is 0 Å². The first-order chi connectivity index (χ1) is 15.1. The van der Waals surface area contributed by atoms with Crippen molar-refractivity contribution in [3.8, 4) is 22.8 Å². The number of hydrogen-bond acceptors (Lipinski definition) is 3. The molecule has 0 spiro atoms. The summed E-state index contributed by atoms with van der Waals surface area (Å²) in [4.78, 5) is 15.5. The first-order valence-electron chi connectivity index (χ1n) is 10.6. The molecular weight excluding hydrogens is 388 g/mol. The summed E-state index contributed by atoms with van der Waals surface area (Å²) in [6.45, 7) is 2.65. The average molecular weight is 415 g/mol. The lowest BCUT2D eigenvalue weighted by Gasteiger charge is -2.11. The van der Waals surface area contributed by atoms with E-state index in [1.165, 1.54) is 5.56 Å². The molecule has 0 aliphatic carbocycles. The van der Waals surface area contributed by atoms with Gasteiger partial charge in [0, 0.05) is 23.7 Å². The zero-order chi connectivity index (χ0) is 21.6. The lowest BCUT2D eigenvalue weighted by Crippen LogP contribution is -2.00. The highest BCUT2D eigenvalue weighted by Crippen LogP contribution is 2.31. The minimum atomic E-state index is -0.745. The zero-order valence-electron chi connectivity index (χ0n) is 17.6. The molecular formula is C26H26N2O3. The lowest BCUT2D eigenvalue weighted by molar-refractivity contribution is -0.137. The van der Waals surface area contributed by atoms with Gasteiger partial charge in [0.05, 0.1) is 17.6 Å². The number of carboxylic acid groups (broad SMARTS) is 1. The van der Waals surface area contributed by atoms with Crippen LogP contribution < -0.4 is 4.74 Å². The van der Waals surface area contributed by atoms with Crippen LogP contribution in [0, 0.1) is 6.92 Å². The van der Waals surface area contributed by atoms with Crippen LogP contribution >= 0.6 is 0 Å². The SMILES string of the molecule is Cc1cccc(-n2c(-c3ccccc3)nc3ccc(OCCCCCC(=O)O)cc32)c1. The predicted octanol–water partition coefficient (Wildman–Crippen LogP) is 6.02. The molecule has 1 aromatic heterocycles. The molecule has 1 heterocycles. The summed E-state index contributed by atoms with van der Waals surface area (Å²) in [6.07, 6.45) is 2.56. The summed E-state index contributed by atoms with van der Waals surface area (Å²) in [5.41, 5.74) is 5.21.